The molecule has 0 aromatic carbocycles. The fraction of sp³-hybridized carbons (Fsp3) is 0.750. The Morgan fingerprint density at radius 3 is 2.77 bits per heavy atom. The smallest absolute Gasteiger partial charge is 0.325 e. The Morgan fingerprint density at radius 2 is 2.31 bits per heavy atom. The first kappa shape index (κ1) is 10.4. The number of rotatable bonds is 3. The second-order valence-corrected chi connectivity index (χ2v) is 4.38. The number of carboxylic acid groups (broad SMARTS) is 1. The quantitative estimate of drug-likeness (QED) is 0.699. The molecular weight excluding hydrogens is 190 g/mol. The topological polar surface area (TPSA) is 66.4 Å². The molecule has 1 amide bonds. The lowest BCUT2D eigenvalue weighted by molar-refractivity contribution is -0.141. The van der Waals surface area contributed by atoms with E-state index in [0.29, 0.717) is 0 Å². The van der Waals surface area contributed by atoms with Crippen molar-refractivity contribution in [3.8, 4) is 0 Å². The fourth-order valence-electron chi connectivity index (χ4n) is 1.15. The number of hydrogen-bond acceptors (Lipinski definition) is 3. The van der Waals surface area contributed by atoms with Crippen molar-refractivity contribution in [3.05, 3.63) is 0 Å². The molecular formula is C8H13NO3S. The van der Waals surface area contributed by atoms with E-state index in [1.807, 2.05) is 0 Å². The van der Waals surface area contributed by atoms with Crippen LogP contribution in [0.5, 0.6) is 0 Å². The summed E-state index contributed by atoms with van der Waals surface area (Å²) in [5, 5.41) is 11.0. The van der Waals surface area contributed by atoms with E-state index in [-0.39, 0.29) is 11.2 Å². The Bertz CT molecular complexity index is 213. The summed E-state index contributed by atoms with van der Waals surface area (Å²) < 4.78 is 0. The van der Waals surface area contributed by atoms with Crippen LogP contribution in [0, 0.1) is 0 Å². The molecule has 1 rings (SSSR count). The maximum absolute atomic E-state index is 11.4. The predicted octanol–water partition coefficient (Wildman–Crippen LogP) is 0.471. The zero-order chi connectivity index (χ0) is 9.84. The van der Waals surface area contributed by atoms with E-state index < -0.39 is 12.0 Å². The first-order valence-electron chi connectivity index (χ1n) is 4.26. The molecule has 2 N–H and O–H groups in total. The van der Waals surface area contributed by atoms with E-state index in [1.54, 1.807) is 11.8 Å². The summed E-state index contributed by atoms with van der Waals surface area (Å²) >= 11 is 1.60. The van der Waals surface area contributed by atoms with Crippen molar-refractivity contribution in [3.63, 3.8) is 0 Å². The number of nitrogens with one attached hydrogen (secondary N) is 1. The third-order valence-electron chi connectivity index (χ3n) is 1.95. The number of thioether (sulfide) groups is 1. The van der Waals surface area contributed by atoms with Crippen LogP contribution in [0.1, 0.15) is 19.8 Å². The van der Waals surface area contributed by atoms with Gasteiger partial charge < -0.3 is 10.4 Å². The van der Waals surface area contributed by atoms with Crippen LogP contribution in [0.2, 0.25) is 0 Å². The van der Waals surface area contributed by atoms with Gasteiger partial charge in [-0.25, -0.2) is 0 Å². The average molecular weight is 203 g/mol. The van der Waals surface area contributed by atoms with Crippen LogP contribution in [0.15, 0.2) is 0 Å². The molecule has 1 fully saturated rings. The van der Waals surface area contributed by atoms with Gasteiger partial charge in [-0.1, -0.05) is 0 Å². The van der Waals surface area contributed by atoms with Crippen LogP contribution in [-0.2, 0) is 9.59 Å². The third kappa shape index (κ3) is 2.91. The lowest BCUT2D eigenvalue weighted by Crippen LogP contribution is -2.42. The molecule has 0 aromatic heterocycles. The van der Waals surface area contributed by atoms with Gasteiger partial charge >= 0.3 is 5.97 Å². The Kier molecular flexibility index (Phi) is 3.59. The molecule has 2 atom stereocenters. The van der Waals surface area contributed by atoms with Gasteiger partial charge in [-0.2, -0.15) is 0 Å². The number of hydrogen-bond donors (Lipinski definition) is 2. The molecule has 13 heavy (non-hydrogen) atoms. The summed E-state index contributed by atoms with van der Waals surface area (Å²) in [7, 11) is 0. The Hall–Kier alpha value is -0.710. The molecule has 1 saturated heterocycles. The molecule has 0 spiro atoms. The second kappa shape index (κ2) is 4.50. The summed E-state index contributed by atoms with van der Waals surface area (Å²) in [5.41, 5.74) is 0. The second-order valence-electron chi connectivity index (χ2n) is 3.07. The number of carbonyl (C=O) groups excluding carboxylic acids is 1. The van der Waals surface area contributed by atoms with E-state index >= 15 is 0 Å². The summed E-state index contributed by atoms with van der Waals surface area (Å²) in [6.45, 7) is 1.47. The van der Waals surface area contributed by atoms with Crippen molar-refractivity contribution >= 4 is 23.6 Å². The van der Waals surface area contributed by atoms with Crippen LogP contribution in [0.4, 0.5) is 0 Å². The van der Waals surface area contributed by atoms with Crippen molar-refractivity contribution in [1.29, 1.82) is 0 Å². The molecule has 0 radical (unpaired) electrons. The van der Waals surface area contributed by atoms with Crippen molar-refractivity contribution < 1.29 is 14.7 Å². The minimum absolute atomic E-state index is 0.0400. The van der Waals surface area contributed by atoms with Gasteiger partial charge in [0.2, 0.25) is 5.91 Å². The Labute approximate surface area is 81.1 Å². The fourth-order valence-corrected chi connectivity index (χ4v) is 2.32. The molecule has 1 aliphatic heterocycles. The summed E-state index contributed by atoms with van der Waals surface area (Å²) in [4.78, 5) is 21.8. The van der Waals surface area contributed by atoms with E-state index in [1.165, 1.54) is 6.92 Å². The van der Waals surface area contributed by atoms with Crippen molar-refractivity contribution in [2.75, 3.05) is 5.75 Å². The van der Waals surface area contributed by atoms with E-state index in [9.17, 15) is 9.59 Å². The maximum Gasteiger partial charge on any atom is 0.325 e. The minimum Gasteiger partial charge on any atom is -0.480 e. The van der Waals surface area contributed by atoms with Gasteiger partial charge in [0.25, 0.3) is 0 Å². The molecule has 0 bridgehead atoms. The highest BCUT2D eigenvalue weighted by Crippen LogP contribution is 2.26. The molecule has 5 heteroatoms. The molecule has 0 aromatic rings. The first-order valence-corrected chi connectivity index (χ1v) is 5.31. The minimum atomic E-state index is -0.989. The Morgan fingerprint density at radius 1 is 1.62 bits per heavy atom. The molecule has 0 saturated carbocycles. The van der Waals surface area contributed by atoms with Crippen molar-refractivity contribution in [1.82, 2.24) is 5.32 Å². The molecule has 4 nitrogen and oxygen atoms in total. The van der Waals surface area contributed by atoms with Gasteiger partial charge in [-0.05, 0) is 25.5 Å². The summed E-state index contributed by atoms with van der Waals surface area (Å²) in [6, 6.07) is -0.784. The van der Waals surface area contributed by atoms with Crippen molar-refractivity contribution in [2.24, 2.45) is 0 Å². The lowest BCUT2D eigenvalue weighted by atomic mass is 10.2. The highest BCUT2D eigenvalue weighted by atomic mass is 32.2. The normalized spacial score (nSPS) is 23.9. The standard InChI is InChI=1S/C8H13NO3S/c1-5(8(11)12)9-7(10)6-3-2-4-13-6/h5-6H,2-4H2,1H3,(H,9,10)(H,11,12)/t5-,6?/m0/s1. The van der Waals surface area contributed by atoms with E-state index in [0.717, 1.165) is 18.6 Å². The van der Waals surface area contributed by atoms with Crippen LogP contribution in [0.25, 0.3) is 0 Å². The maximum atomic E-state index is 11.4. The summed E-state index contributed by atoms with van der Waals surface area (Å²) in [5.74, 6) is -0.131. The van der Waals surface area contributed by atoms with Gasteiger partial charge in [0.1, 0.15) is 6.04 Å². The number of aliphatic carboxylic acids is 1. The molecule has 1 unspecified atom stereocenters. The van der Waals surface area contributed by atoms with Crippen LogP contribution < -0.4 is 5.32 Å². The lowest BCUT2D eigenvalue weighted by Gasteiger charge is -2.12. The molecule has 0 aliphatic carbocycles. The van der Waals surface area contributed by atoms with Gasteiger partial charge in [-0.3, -0.25) is 9.59 Å². The van der Waals surface area contributed by atoms with Crippen LogP contribution >= 0.6 is 11.8 Å². The largest absolute Gasteiger partial charge is 0.480 e. The Balaban J connectivity index is 2.35. The molecule has 74 valence electrons. The van der Waals surface area contributed by atoms with E-state index in [2.05, 4.69) is 5.32 Å². The monoisotopic (exact) mass is 203 g/mol. The van der Waals surface area contributed by atoms with E-state index in [4.69, 9.17) is 5.11 Å². The molecule has 1 aliphatic rings. The number of carboxylic acids is 1. The zero-order valence-electron chi connectivity index (χ0n) is 7.45. The zero-order valence-corrected chi connectivity index (χ0v) is 8.26. The van der Waals surface area contributed by atoms with Crippen molar-refractivity contribution in [2.45, 2.75) is 31.1 Å². The number of amides is 1. The summed E-state index contributed by atoms with van der Waals surface area (Å²) in [6.07, 6.45) is 1.91. The highest BCUT2D eigenvalue weighted by molar-refractivity contribution is 8.00. The van der Waals surface area contributed by atoms with Gasteiger partial charge in [-0.15, -0.1) is 11.8 Å². The van der Waals surface area contributed by atoms with Crippen LogP contribution in [0.3, 0.4) is 0 Å². The number of carbonyl (C=O) groups is 2. The van der Waals surface area contributed by atoms with Gasteiger partial charge in [0.15, 0.2) is 0 Å². The van der Waals surface area contributed by atoms with Gasteiger partial charge in [0.05, 0.1) is 5.25 Å². The highest BCUT2D eigenvalue weighted by Gasteiger charge is 2.25. The SMILES string of the molecule is C[C@H](NC(=O)C1CCCS1)C(=O)O. The van der Waals surface area contributed by atoms with Crippen LogP contribution in [-0.4, -0.2) is 34.0 Å². The molecule has 1 heterocycles. The third-order valence-corrected chi connectivity index (χ3v) is 3.33. The first-order chi connectivity index (χ1) is 6.11. The van der Waals surface area contributed by atoms with Gasteiger partial charge in [0, 0.05) is 0 Å². The predicted molar refractivity (Wildman–Crippen MR) is 50.7 cm³/mol. The average Bonchev–Trinajstić information content (AvgIpc) is 2.55.